The molecular formula is C16H23NO2. The lowest BCUT2D eigenvalue weighted by Gasteiger charge is -2.19. The number of aromatic nitrogens is 1. The van der Waals surface area contributed by atoms with Gasteiger partial charge in [-0.2, -0.15) is 0 Å². The molecule has 0 saturated heterocycles. The highest BCUT2D eigenvalue weighted by molar-refractivity contribution is 5.75. The Bertz CT molecular complexity index is 394. The molecule has 0 aliphatic heterocycles. The third kappa shape index (κ3) is 4.34. The Hall–Kier alpha value is -1.38. The molecule has 0 spiro atoms. The summed E-state index contributed by atoms with van der Waals surface area (Å²) in [7, 11) is 0. The third-order valence-corrected chi connectivity index (χ3v) is 3.74. The van der Waals surface area contributed by atoms with Gasteiger partial charge in [0.05, 0.1) is 12.1 Å². The van der Waals surface area contributed by atoms with E-state index in [1.807, 2.05) is 12.1 Å². The molecule has 0 aromatic carbocycles. The average Bonchev–Trinajstić information content (AvgIpc) is 2.47. The largest absolute Gasteiger partial charge is 0.425 e. The summed E-state index contributed by atoms with van der Waals surface area (Å²) in [4.78, 5) is 16.3. The highest BCUT2D eigenvalue weighted by Gasteiger charge is 2.22. The van der Waals surface area contributed by atoms with Gasteiger partial charge < -0.3 is 4.74 Å². The molecule has 0 radical (unpaired) electrons. The highest BCUT2D eigenvalue weighted by Crippen LogP contribution is 2.25. The van der Waals surface area contributed by atoms with E-state index in [-0.39, 0.29) is 11.9 Å². The Balaban J connectivity index is 1.86. The third-order valence-electron chi connectivity index (χ3n) is 3.74. The van der Waals surface area contributed by atoms with E-state index >= 15 is 0 Å². The highest BCUT2D eigenvalue weighted by atomic mass is 16.5. The van der Waals surface area contributed by atoms with Gasteiger partial charge in [0.25, 0.3) is 0 Å². The van der Waals surface area contributed by atoms with E-state index in [2.05, 4.69) is 11.9 Å². The van der Waals surface area contributed by atoms with E-state index < -0.39 is 0 Å². The van der Waals surface area contributed by atoms with Crippen LogP contribution in [0.3, 0.4) is 0 Å². The minimum Gasteiger partial charge on any atom is -0.425 e. The van der Waals surface area contributed by atoms with Crippen molar-refractivity contribution in [2.24, 2.45) is 5.92 Å². The fourth-order valence-corrected chi connectivity index (χ4v) is 2.51. The predicted octanol–water partition coefficient (Wildman–Crippen LogP) is 3.91. The number of carbonyl (C=O) groups is 1. The molecule has 0 bridgehead atoms. The lowest BCUT2D eigenvalue weighted by atomic mass is 9.89. The Labute approximate surface area is 115 Å². The van der Waals surface area contributed by atoms with Crippen molar-refractivity contribution in [3.63, 3.8) is 0 Å². The summed E-state index contributed by atoms with van der Waals surface area (Å²) in [5.74, 6) is 0.590. The minimum absolute atomic E-state index is 0.0807. The molecule has 1 heterocycles. The molecule has 3 nitrogen and oxygen atoms in total. The summed E-state index contributed by atoms with van der Waals surface area (Å²) in [5, 5.41) is 0. The van der Waals surface area contributed by atoms with E-state index in [9.17, 15) is 4.79 Å². The summed E-state index contributed by atoms with van der Waals surface area (Å²) in [6, 6.07) is 3.82. The summed E-state index contributed by atoms with van der Waals surface area (Å²) in [5.41, 5.74) is 1.07. The van der Waals surface area contributed by atoms with Crippen molar-refractivity contribution in [3.8, 4) is 5.75 Å². The molecule has 2 rings (SSSR count). The SMILES string of the molecule is CCCCc1ccc(OC(=O)C2CCCCC2)cn1. The summed E-state index contributed by atoms with van der Waals surface area (Å²) in [6.07, 6.45) is 10.5. The van der Waals surface area contributed by atoms with Crippen LogP contribution in [-0.4, -0.2) is 11.0 Å². The molecular weight excluding hydrogens is 238 g/mol. The first kappa shape index (κ1) is 14.0. The molecule has 1 fully saturated rings. The van der Waals surface area contributed by atoms with Crippen LogP contribution < -0.4 is 4.74 Å². The smallest absolute Gasteiger partial charge is 0.314 e. The zero-order valence-corrected chi connectivity index (χ0v) is 11.7. The van der Waals surface area contributed by atoms with Crippen LogP contribution in [0.15, 0.2) is 18.3 Å². The number of hydrogen-bond donors (Lipinski definition) is 0. The van der Waals surface area contributed by atoms with Crippen LogP contribution in [0.4, 0.5) is 0 Å². The molecule has 0 N–H and O–H groups in total. The van der Waals surface area contributed by atoms with Crippen LogP contribution in [0.25, 0.3) is 0 Å². The molecule has 0 atom stereocenters. The number of carbonyl (C=O) groups excluding carboxylic acids is 1. The molecule has 1 aliphatic carbocycles. The molecule has 1 saturated carbocycles. The number of nitrogens with zero attached hydrogens (tertiary/aromatic N) is 1. The van der Waals surface area contributed by atoms with E-state index in [4.69, 9.17) is 4.74 Å². The van der Waals surface area contributed by atoms with Crippen LogP contribution in [0.1, 0.15) is 57.6 Å². The number of hydrogen-bond acceptors (Lipinski definition) is 3. The zero-order valence-electron chi connectivity index (χ0n) is 11.7. The van der Waals surface area contributed by atoms with Crippen molar-refractivity contribution in [2.45, 2.75) is 58.3 Å². The normalized spacial score (nSPS) is 16.3. The van der Waals surface area contributed by atoms with Crippen molar-refractivity contribution >= 4 is 5.97 Å². The molecule has 0 unspecified atom stereocenters. The van der Waals surface area contributed by atoms with Gasteiger partial charge in [-0.05, 0) is 37.8 Å². The number of pyridine rings is 1. The number of unbranched alkanes of at least 4 members (excludes halogenated alkanes) is 1. The average molecular weight is 261 g/mol. The van der Waals surface area contributed by atoms with Gasteiger partial charge in [-0.3, -0.25) is 9.78 Å². The van der Waals surface area contributed by atoms with E-state index in [0.717, 1.165) is 44.2 Å². The van der Waals surface area contributed by atoms with Crippen molar-refractivity contribution in [2.75, 3.05) is 0 Å². The lowest BCUT2D eigenvalue weighted by molar-refractivity contribution is -0.140. The van der Waals surface area contributed by atoms with Crippen molar-refractivity contribution in [1.82, 2.24) is 4.98 Å². The van der Waals surface area contributed by atoms with Crippen molar-refractivity contribution in [3.05, 3.63) is 24.0 Å². The molecule has 19 heavy (non-hydrogen) atoms. The number of ether oxygens (including phenoxy) is 1. The van der Waals surface area contributed by atoms with Crippen LogP contribution in [0.5, 0.6) is 5.75 Å². The van der Waals surface area contributed by atoms with Crippen LogP contribution in [-0.2, 0) is 11.2 Å². The van der Waals surface area contributed by atoms with Crippen molar-refractivity contribution in [1.29, 1.82) is 0 Å². The van der Waals surface area contributed by atoms with E-state index in [1.165, 1.54) is 12.8 Å². The second-order valence-corrected chi connectivity index (χ2v) is 5.34. The molecule has 1 aromatic rings. The first-order chi connectivity index (χ1) is 9.29. The van der Waals surface area contributed by atoms with Gasteiger partial charge >= 0.3 is 5.97 Å². The lowest BCUT2D eigenvalue weighted by Crippen LogP contribution is -2.22. The fourth-order valence-electron chi connectivity index (χ4n) is 2.51. The Morgan fingerprint density at radius 2 is 2.11 bits per heavy atom. The van der Waals surface area contributed by atoms with Crippen molar-refractivity contribution < 1.29 is 9.53 Å². The monoisotopic (exact) mass is 261 g/mol. The molecule has 1 aliphatic rings. The van der Waals surface area contributed by atoms with Gasteiger partial charge in [0.2, 0.25) is 0 Å². The van der Waals surface area contributed by atoms with Gasteiger partial charge in [-0.1, -0.05) is 32.6 Å². The topological polar surface area (TPSA) is 39.2 Å². The van der Waals surface area contributed by atoms with Crippen LogP contribution in [0, 0.1) is 5.92 Å². The standard InChI is InChI=1S/C16H23NO2/c1-2-3-9-14-10-11-15(12-17-14)19-16(18)13-7-5-4-6-8-13/h10-13H,2-9H2,1H3. The molecule has 1 aromatic heterocycles. The minimum atomic E-state index is -0.0807. The first-order valence-corrected chi connectivity index (χ1v) is 7.46. The first-order valence-electron chi connectivity index (χ1n) is 7.46. The molecule has 0 amide bonds. The second-order valence-electron chi connectivity index (χ2n) is 5.34. The van der Waals surface area contributed by atoms with Gasteiger partial charge in [-0.15, -0.1) is 0 Å². The van der Waals surface area contributed by atoms with Crippen LogP contribution >= 0.6 is 0 Å². The second kappa shape index (κ2) is 7.27. The summed E-state index contributed by atoms with van der Waals surface area (Å²) < 4.78 is 5.41. The van der Waals surface area contributed by atoms with Gasteiger partial charge in [0.15, 0.2) is 0 Å². The number of rotatable bonds is 5. The van der Waals surface area contributed by atoms with Crippen LogP contribution in [0.2, 0.25) is 0 Å². The van der Waals surface area contributed by atoms with E-state index in [0.29, 0.717) is 5.75 Å². The Kier molecular flexibility index (Phi) is 5.37. The summed E-state index contributed by atoms with van der Waals surface area (Å²) in [6.45, 7) is 2.17. The summed E-state index contributed by atoms with van der Waals surface area (Å²) >= 11 is 0. The maximum absolute atomic E-state index is 12.0. The molecule has 3 heteroatoms. The van der Waals surface area contributed by atoms with Gasteiger partial charge in [0, 0.05) is 5.69 Å². The quantitative estimate of drug-likeness (QED) is 0.754. The Morgan fingerprint density at radius 1 is 1.32 bits per heavy atom. The zero-order chi connectivity index (χ0) is 13.5. The maximum atomic E-state index is 12.0. The predicted molar refractivity (Wildman–Crippen MR) is 75.1 cm³/mol. The number of esters is 1. The van der Waals surface area contributed by atoms with Gasteiger partial charge in [-0.25, -0.2) is 0 Å². The van der Waals surface area contributed by atoms with E-state index in [1.54, 1.807) is 6.20 Å². The molecule has 104 valence electrons. The Morgan fingerprint density at radius 3 is 2.74 bits per heavy atom. The van der Waals surface area contributed by atoms with Gasteiger partial charge in [0.1, 0.15) is 5.75 Å². The fraction of sp³-hybridized carbons (Fsp3) is 0.625. The maximum Gasteiger partial charge on any atom is 0.314 e. The number of aryl methyl sites for hydroxylation is 1.